The first kappa shape index (κ1) is 24.7. The monoisotopic (exact) mass is 548 g/mol. The fraction of sp³-hybridized carbons (Fsp3) is 0.458. The number of halogens is 4. The van der Waals surface area contributed by atoms with Gasteiger partial charge in [0.05, 0.1) is 30.7 Å². The molecule has 2 saturated heterocycles. The van der Waals surface area contributed by atoms with Crippen molar-refractivity contribution in [2.24, 2.45) is 5.41 Å². The smallest absolute Gasteiger partial charge is 0.411 e. The summed E-state index contributed by atoms with van der Waals surface area (Å²) in [6, 6.07) is 4.74. The third-order valence-electron chi connectivity index (χ3n) is 7.26. The minimum absolute atomic E-state index is 0.0346. The number of amides is 1. The maximum absolute atomic E-state index is 13.2. The SMILES string of the molecule is CC1c2nnc(N3CC4(CN(c5ncc(F)cn5)C4)C3)n2-c2ccc(Cl)cc2CN1C(=O)OC(CF)CF. The Bertz CT molecular complexity index is 1360. The van der Waals surface area contributed by atoms with Gasteiger partial charge in [-0.1, -0.05) is 11.6 Å². The van der Waals surface area contributed by atoms with Gasteiger partial charge in [-0.15, -0.1) is 10.2 Å². The van der Waals surface area contributed by atoms with E-state index in [4.69, 9.17) is 16.3 Å². The Morgan fingerprint density at radius 3 is 2.50 bits per heavy atom. The molecule has 38 heavy (non-hydrogen) atoms. The molecule has 0 aliphatic carbocycles. The highest BCUT2D eigenvalue weighted by molar-refractivity contribution is 6.30. The van der Waals surface area contributed by atoms with Gasteiger partial charge in [0.25, 0.3) is 0 Å². The van der Waals surface area contributed by atoms with E-state index in [9.17, 15) is 18.0 Å². The number of fused-ring (bicyclic) bond motifs is 3. The Hall–Kier alpha value is -3.61. The fourth-order valence-electron chi connectivity index (χ4n) is 5.37. The summed E-state index contributed by atoms with van der Waals surface area (Å²) in [6.45, 7) is 2.57. The van der Waals surface area contributed by atoms with Crippen LogP contribution in [0.1, 0.15) is 24.4 Å². The predicted molar refractivity (Wildman–Crippen MR) is 131 cm³/mol. The largest absolute Gasteiger partial charge is 0.440 e. The molecular weight excluding hydrogens is 525 g/mol. The van der Waals surface area contributed by atoms with Crippen LogP contribution in [0.15, 0.2) is 30.6 Å². The average Bonchev–Trinajstić information content (AvgIpc) is 3.24. The predicted octanol–water partition coefficient (Wildman–Crippen LogP) is 3.50. The summed E-state index contributed by atoms with van der Waals surface area (Å²) < 4.78 is 46.2. The van der Waals surface area contributed by atoms with Crippen molar-refractivity contribution in [1.29, 1.82) is 0 Å². The van der Waals surface area contributed by atoms with Crippen molar-refractivity contribution in [3.8, 4) is 5.69 Å². The van der Waals surface area contributed by atoms with Crippen LogP contribution in [-0.4, -0.2) is 81.4 Å². The molecule has 6 rings (SSSR count). The number of carbonyl (C=O) groups excluding carboxylic acids is 1. The molecule has 1 unspecified atom stereocenters. The van der Waals surface area contributed by atoms with Gasteiger partial charge >= 0.3 is 6.09 Å². The second kappa shape index (κ2) is 9.29. The zero-order valence-corrected chi connectivity index (χ0v) is 21.2. The number of anilines is 2. The van der Waals surface area contributed by atoms with Crippen molar-refractivity contribution in [2.75, 3.05) is 49.3 Å². The standard InChI is InChI=1S/C24H24ClF3N8O2/c1-14-20-31-32-22(34-12-24(13-34)10-33(11-24)21-29-7-17(28)8-30-21)36(20)19-3-2-16(25)4-15(19)9-35(14)23(37)38-18(5-26)6-27/h2-4,7-8,14,18H,5-6,9-13H2,1H3. The Kier molecular flexibility index (Phi) is 6.04. The third kappa shape index (κ3) is 4.08. The number of ether oxygens (including phenoxy) is 1. The Balaban J connectivity index is 1.25. The van der Waals surface area contributed by atoms with Gasteiger partial charge in [0, 0.05) is 36.6 Å². The molecule has 1 atom stereocenters. The van der Waals surface area contributed by atoms with Gasteiger partial charge in [-0.3, -0.25) is 9.47 Å². The van der Waals surface area contributed by atoms with Crippen molar-refractivity contribution in [3.05, 3.63) is 52.8 Å². The van der Waals surface area contributed by atoms with Crippen LogP contribution in [0.2, 0.25) is 5.02 Å². The molecule has 0 bridgehead atoms. The highest BCUT2D eigenvalue weighted by atomic mass is 35.5. The number of hydrogen-bond donors (Lipinski definition) is 0. The first-order valence-corrected chi connectivity index (χ1v) is 12.5. The Morgan fingerprint density at radius 1 is 1.13 bits per heavy atom. The Morgan fingerprint density at radius 2 is 1.82 bits per heavy atom. The van der Waals surface area contributed by atoms with E-state index < -0.39 is 37.4 Å². The van der Waals surface area contributed by atoms with E-state index in [0.717, 1.165) is 49.8 Å². The van der Waals surface area contributed by atoms with Crippen molar-refractivity contribution < 1.29 is 22.7 Å². The summed E-state index contributed by atoms with van der Waals surface area (Å²) in [4.78, 5) is 26.5. The van der Waals surface area contributed by atoms with E-state index in [0.29, 0.717) is 22.7 Å². The van der Waals surface area contributed by atoms with Crippen molar-refractivity contribution in [3.63, 3.8) is 0 Å². The molecule has 1 spiro atoms. The van der Waals surface area contributed by atoms with Gasteiger partial charge in [-0.25, -0.2) is 27.9 Å². The molecule has 0 radical (unpaired) electrons. The van der Waals surface area contributed by atoms with Crippen LogP contribution < -0.4 is 9.80 Å². The lowest BCUT2D eigenvalue weighted by Crippen LogP contribution is -2.73. The summed E-state index contributed by atoms with van der Waals surface area (Å²) in [5, 5.41) is 9.35. The molecule has 200 valence electrons. The topological polar surface area (TPSA) is 92.5 Å². The summed E-state index contributed by atoms with van der Waals surface area (Å²) in [5.41, 5.74) is 1.51. The van der Waals surface area contributed by atoms with E-state index in [1.165, 1.54) is 4.90 Å². The van der Waals surface area contributed by atoms with Crippen LogP contribution in [0, 0.1) is 11.2 Å². The molecule has 2 fully saturated rings. The molecule has 5 heterocycles. The minimum atomic E-state index is -1.47. The van der Waals surface area contributed by atoms with Gasteiger partial charge in [0.15, 0.2) is 17.7 Å². The van der Waals surface area contributed by atoms with Gasteiger partial charge in [-0.05, 0) is 30.7 Å². The van der Waals surface area contributed by atoms with Crippen LogP contribution in [0.5, 0.6) is 0 Å². The first-order chi connectivity index (χ1) is 18.3. The van der Waals surface area contributed by atoms with E-state index in [1.54, 1.807) is 19.1 Å². The zero-order valence-electron chi connectivity index (χ0n) is 20.4. The highest BCUT2D eigenvalue weighted by Crippen LogP contribution is 2.44. The second-order valence-corrected chi connectivity index (χ2v) is 10.4. The van der Waals surface area contributed by atoms with Crippen LogP contribution in [0.25, 0.3) is 5.69 Å². The van der Waals surface area contributed by atoms with E-state index >= 15 is 0 Å². The maximum atomic E-state index is 13.2. The summed E-state index contributed by atoms with van der Waals surface area (Å²) in [5.74, 6) is 1.14. The zero-order chi connectivity index (χ0) is 26.6. The lowest BCUT2D eigenvalue weighted by molar-refractivity contribution is 0.0286. The molecule has 10 nitrogen and oxygen atoms in total. The second-order valence-electron chi connectivity index (χ2n) is 10.00. The molecule has 0 N–H and O–H groups in total. The lowest BCUT2D eigenvalue weighted by Gasteiger charge is -2.60. The minimum Gasteiger partial charge on any atom is -0.440 e. The van der Waals surface area contributed by atoms with E-state index in [1.807, 2.05) is 15.5 Å². The van der Waals surface area contributed by atoms with Gasteiger partial charge in [0.1, 0.15) is 13.3 Å². The third-order valence-corrected chi connectivity index (χ3v) is 7.49. The molecule has 3 aliphatic rings. The van der Waals surface area contributed by atoms with Gasteiger partial charge in [0.2, 0.25) is 11.9 Å². The molecule has 3 aliphatic heterocycles. The number of rotatable bonds is 5. The van der Waals surface area contributed by atoms with Crippen molar-refractivity contribution in [2.45, 2.75) is 25.6 Å². The van der Waals surface area contributed by atoms with E-state index in [2.05, 4.69) is 25.1 Å². The van der Waals surface area contributed by atoms with Crippen LogP contribution >= 0.6 is 11.6 Å². The van der Waals surface area contributed by atoms with Crippen LogP contribution in [0.3, 0.4) is 0 Å². The molecular formula is C24H24ClF3N8O2. The molecule has 1 amide bonds. The maximum Gasteiger partial charge on any atom is 0.411 e. The van der Waals surface area contributed by atoms with Crippen molar-refractivity contribution >= 4 is 29.6 Å². The molecule has 0 saturated carbocycles. The van der Waals surface area contributed by atoms with Gasteiger partial charge in [-0.2, -0.15) is 0 Å². The highest BCUT2D eigenvalue weighted by Gasteiger charge is 2.54. The molecule has 2 aromatic heterocycles. The first-order valence-electron chi connectivity index (χ1n) is 12.1. The number of hydrogen-bond acceptors (Lipinski definition) is 8. The van der Waals surface area contributed by atoms with Gasteiger partial charge < -0.3 is 14.5 Å². The van der Waals surface area contributed by atoms with Crippen molar-refractivity contribution in [1.82, 2.24) is 29.6 Å². The number of nitrogens with zero attached hydrogens (tertiary/aromatic N) is 8. The summed E-state index contributed by atoms with van der Waals surface area (Å²) >= 11 is 6.28. The average molecular weight is 549 g/mol. The molecule has 14 heteroatoms. The normalized spacial score (nSPS) is 19.5. The summed E-state index contributed by atoms with van der Waals surface area (Å²) in [7, 11) is 0. The lowest BCUT2D eigenvalue weighted by atomic mass is 9.73. The van der Waals surface area contributed by atoms with Crippen LogP contribution in [0.4, 0.5) is 29.9 Å². The quantitative estimate of drug-likeness (QED) is 0.478. The number of alkyl halides is 2. The molecule has 1 aromatic carbocycles. The number of benzene rings is 1. The fourth-order valence-corrected chi connectivity index (χ4v) is 5.56. The summed E-state index contributed by atoms with van der Waals surface area (Å²) in [6.07, 6.45) is 0.00281. The number of carbonyl (C=O) groups is 1. The Labute approximate surface area is 221 Å². The van der Waals surface area contributed by atoms with Crippen LogP contribution in [-0.2, 0) is 11.3 Å². The molecule has 3 aromatic rings. The number of aromatic nitrogens is 5. The van der Waals surface area contributed by atoms with E-state index in [-0.39, 0.29) is 12.0 Å².